The predicted molar refractivity (Wildman–Crippen MR) is 99.4 cm³/mol. The molecule has 0 radical (unpaired) electrons. The molecule has 1 aromatic carbocycles. The van der Waals surface area contributed by atoms with Crippen molar-refractivity contribution in [3.8, 4) is 6.07 Å². The van der Waals surface area contributed by atoms with Crippen molar-refractivity contribution in [2.45, 2.75) is 24.8 Å². The van der Waals surface area contributed by atoms with Crippen LogP contribution in [0.3, 0.4) is 0 Å². The van der Waals surface area contributed by atoms with Crippen LogP contribution in [0, 0.1) is 18.3 Å². The Bertz CT molecular complexity index is 979. The molecular formula is C19H20N4O3S. The number of pyridine rings is 1. The van der Waals surface area contributed by atoms with Gasteiger partial charge in [-0.15, -0.1) is 0 Å². The number of nitrogens with zero attached hydrogens (tertiary/aromatic N) is 4. The summed E-state index contributed by atoms with van der Waals surface area (Å²) in [7, 11) is -3.67. The quantitative estimate of drug-likeness (QED) is 0.804. The molecular weight excluding hydrogens is 364 g/mol. The first-order valence-corrected chi connectivity index (χ1v) is 10.0. The van der Waals surface area contributed by atoms with Crippen molar-refractivity contribution >= 4 is 15.9 Å². The molecule has 1 aliphatic rings. The smallest absolute Gasteiger partial charge is 0.255 e. The van der Waals surface area contributed by atoms with Gasteiger partial charge in [0.2, 0.25) is 10.0 Å². The fraction of sp³-hybridized carbons (Fsp3) is 0.316. The van der Waals surface area contributed by atoms with Crippen LogP contribution in [0.25, 0.3) is 0 Å². The SMILES string of the molecule is Cc1ccc(C(=O)N2CCN(S(=O)(=O)c3ccc(C#N)cc3)C[C@@H]2C)cn1. The van der Waals surface area contributed by atoms with Gasteiger partial charge in [0, 0.05) is 37.6 Å². The zero-order valence-corrected chi connectivity index (χ0v) is 16.0. The predicted octanol–water partition coefficient (Wildman–Crippen LogP) is 1.80. The van der Waals surface area contributed by atoms with E-state index in [9.17, 15) is 13.2 Å². The Labute approximate surface area is 158 Å². The standard InChI is InChI=1S/C19H20N4O3S/c1-14-3-6-17(12-21-14)19(24)23-10-9-22(13-15(23)2)27(25,26)18-7-4-16(11-20)5-8-18/h3-8,12,15H,9-10,13H2,1-2H3/t15-/m0/s1. The molecule has 140 valence electrons. The topological polar surface area (TPSA) is 94.4 Å². The molecule has 27 heavy (non-hydrogen) atoms. The highest BCUT2D eigenvalue weighted by molar-refractivity contribution is 7.89. The Kier molecular flexibility index (Phi) is 5.26. The van der Waals surface area contributed by atoms with E-state index >= 15 is 0 Å². The number of sulfonamides is 1. The fourth-order valence-corrected chi connectivity index (χ4v) is 4.57. The highest BCUT2D eigenvalue weighted by Gasteiger charge is 2.34. The highest BCUT2D eigenvalue weighted by atomic mass is 32.2. The van der Waals surface area contributed by atoms with E-state index in [4.69, 9.17) is 5.26 Å². The van der Waals surface area contributed by atoms with Crippen LogP contribution < -0.4 is 0 Å². The zero-order chi connectivity index (χ0) is 19.6. The first kappa shape index (κ1) is 19.0. The van der Waals surface area contributed by atoms with E-state index in [0.29, 0.717) is 17.7 Å². The third-order valence-electron chi connectivity index (χ3n) is 4.63. The van der Waals surface area contributed by atoms with E-state index in [0.717, 1.165) is 5.69 Å². The van der Waals surface area contributed by atoms with Crippen molar-refractivity contribution in [1.29, 1.82) is 5.26 Å². The van der Waals surface area contributed by atoms with Crippen LogP contribution in [-0.2, 0) is 10.0 Å². The van der Waals surface area contributed by atoms with Crippen LogP contribution >= 0.6 is 0 Å². The molecule has 7 nitrogen and oxygen atoms in total. The molecule has 2 heterocycles. The molecule has 1 amide bonds. The molecule has 1 fully saturated rings. The minimum atomic E-state index is -3.67. The third kappa shape index (κ3) is 3.84. The molecule has 1 aromatic heterocycles. The molecule has 0 aliphatic carbocycles. The maximum absolute atomic E-state index is 12.8. The fourth-order valence-electron chi connectivity index (χ4n) is 3.05. The second kappa shape index (κ2) is 7.47. The van der Waals surface area contributed by atoms with Gasteiger partial charge in [0.15, 0.2) is 0 Å². The van der Waals surface area contributed by atoms with Gasteiger partial charge in [-0.05, 0) is 50.2 Å². The van der Waals surface area contributed by atoms with Crippen LogP contribution in [0.2, 0.25) is 0 Å². The van der Waals surface area contributed by atoms with E-state index in [-0.39, 0.29) is 29.9 Å². The number of carbonyl (C=O) groups is 1. The van der Waals surface area contributed by atoms with Gasteiger partial charge in [0.05, 0.1) is 22.1 Å². The summed E-state index contributed by atoms with van der Waals surface area (Å²) in [4.78, 5) is 18.7. The van der Waals surface area contributed by atoms with Gasteiger partial charge in [-0.2, -0.15) is 9.57 Å². The number of piperazine rings is 1. The second-order valence-corrected chi connectivity index (χ2v) is 8.47. The Morgan fingerprint density at radius 1 is 1.19 bits per heavy atom. The van der Waals surface area contributed by atoms with E-state index in [1.54, 1.807) is 23.2 Å². The molecule has 0 N–H and O–H groups in total. The summed E-state index contributed by atoms with van der Waals surface area (Å²) in [6, 6.07) is 11.1. The van der Waals surface area contributed by atoms with Crippen LogP contribution in [0.1, 0.15) is 28.5 Å². The number of aromatic nitrogens is 1. The van der Waals surface area contributed by atoms with Gasteiger partial charge in [0.25, 0.3) is 5.91 Å². The number of rotatable bonds is 3. The number of carbonyl (C=O) groups excluding carboxylic acids is 1. The lowest BCUT2D eigenvalue weighted by Crippen LogP contribution is -2.55. The average Bonchev–Trinajstić information content (AvgIpc) is 2.68. The molecule has 2 aromatic rings. The largest absolute Gasteiger partial charge is 0.333 e. The van der Waals surface area contributed by atoms with Crippen molar-refractivity contribution in [1.82, 2.24) is 14.2 Å². The maximum Gasteiger partial charge on any atom is 0.255 e. The number of nitriles is 1. The lowest BCUT2D eigenvalue weighted by atomic mass is 10.1. The van der Waals surface area contributed by atoms with Crippen LogP contribution in [0.4, 0.5) is 0 Å². The highest BCUT2D eigenvalue weighted by Crippen LogP contribution is 2.21. The Balaban J connectivity index is 1.74. The van der Waals surface area contributed by atoms with E-state index in [2.05, 4.69) is 4.98 Å². The summed E-state index contributed by atoms with van der Waals surface area (Å²) in [5, 5.41) is 8.85. The lowest BCUT2D eigenvalue weighted by Gasteiger charge is -2.39. The first-order valence-electron chi connectivity index (χ1n) is 8.57. The zero-order valence-electron chi connectivity index (χ0n) is 15.2. The number of hydrogen-bond donors (Lipinski definition) is 0. The van der Waals surface area contributed by atoms with Crippen molar-refractivity contribution in [2.75, 3.05) is 19.6 Å². The number of aryl methyl sites for hydroxylation is 1. The van der Waals surface area contributed by atoms with Gasteiger partial charge in [-0.25, -0.2) is 8.42 Å². The average molecular weight is 384 g/mol. The molecule has 0 spiro atoms. The second-order valence-electron chi connectivity index (χ2n) is 6.54. The Morgan fingerprint density at radius 2 is 1.89 bits per heavy atom. The summed E-state index contributed by atoms with van der Waals surface area (Å²) >= 11 is 0. The summed E-state index contributed by atoms with van der Waals surface area (Å²) in [6.45, 7) is 4.43. The number of benzene rings is 1. The van der Waals surface area contributed by atoms with Gasteiger partial charge in [-0.3, -0.25) is 9.78 Å². The Hall–Kier alpha value is -2.76. The van der Waals surface area contributed by atoms with Crippen molar-refractivity contribution in [3.63, 3.8) is 0 Å². The Morgan fingerprint density at radius 3 is 2.44 bits per heavy atom. The minimum Gasteiger partial charge on any atom is -0.333 e. The normalized spacial score (nSPS) is 18.1. The monoisotopic (exact) mass is 384 g/mol. The molecule has 1 saturated heterocycles. The van der Waals surface area contributed by atoms with Crippen molar-refractivity contribution in [3.05, 3.63) is 59.4 Å². The van der Waals surface area contributed by atoms with Crippen LogP contribution in [0.5, 0.6) is 0 Å². The molecule has 8 heteroatoms. The number of amides is 1. The van der Waals surface area contributed by atoms with Crippen LogP contribution in [-0.4, -0.2) is 54.2 Å². The van der Waals surface area contributed by atoms with Gasteiger partial charge in [-0.1, -0.05) is 0 Å². The molecule has 0 saturated carbocycles. The van der Waals surface area contributed by atoms with E-state index in [1.165, 1.54) is 28.6 Å². The maximum atomic E-state index is 12.8. The first-order chi connectivity index (χ1) is 12.8. The van der Waals surface area contributed by atoms with E-state index in [1.807, 2.05) is 19.9 Å². The lowest BCUT2D eigenvalue weighted by molar-refractivity contribution is 0.0591. The minimum absolute atomic E-state index is 0.148. The molecule has 1 aliphatic heterocycles. The third-order valence-corrected chi connectivity index (χ3v) is 6.51. The van der Waals surface area contributed by atoms with Gasteiger partial charge in [0.1, 0.15) is 0 Å². The van der Waals surface area contributed by atoms with Crippen LogP contribution in [0.15, 0.2) is 47.5 Å². The molecule has 3 rings (SSSR count). The summed E-state index contributed by atoms with van der Waals surface area (Å²) in [5.41, 5.74) is 1.73. The molecule has 0 unspecified atom stereocenters. The van der Waals surface area contributed by atoms with E-state index < -0.39 is 10.0 Å². The summed E-state index contributed by atoms with van der Waals surface area (Å²) in [5.74, 6) is -0.148. The number of hydrogen-bond acceptors (Lipinski definition) is 5. The summed E-state index contributed by atoms with van der Waals surface area (Å²) < 4.78 is 27.1. The van der Waals surface area contributed by atoms with Crippen molar-refractivity contribution < 1.29 is 13.2 Å². The van der Waals surface area contributed by atoms with Crippen molar-refractivity contribution in [2.24, 2.45) is 0 Å². The molecule has 1 atom stereocenters. The van der Waals surface area contributed by atoms with Gasteiger partial charge >= 0.3 is 0 Å². The molecule has 0 bridgehead atoms. The van der Waals surface area contributed by atoms with Gasteiger partial charge < -0.3 is 4.90 Å². The summed E-state index contributed by atoms with van der Waals surface area (Å²) in [6.07, 6.45) is 1.55.